The third-order valence-electron chi connectivity index (χ3n) is 7.36. The van der Waals surface area contributed by atoms with E-state index in [0.717, 1.165) is 24.3 Å². The van der Waals surface area contributed by atoms with E-state index in [9.17, 15) is 29.8 Å². The Morgan fingerprint density at radius 3 is 1.62 bits per heavy atom. The van der Waals surface area contributed by atoms with Gasteiger partial charge in [-0.15, -0.1) is 0 Å². The average molecular weight is 556 g/mol. The molecule has 2 heterocycles. The van der Waals surface area contributed by atoms with Gasteiger partial charge in [-0.3, -0.25) is 9.98 Å². The molecule has 3 aromatic rings. The van der Waals surface area contributed by atoms with E-state index in [1.54, 1.807) is 24.3 Å². The van der Waals surface area contributed by atoms with Gasteiger partial charge in [0.2, 0.25) is 0 Å². The van der Waals surface area contributed by atoms with E-state index in [1.807, 2.05) is 0 Å². The molecule has 196 valence electrons. The number of rotatable bonds is 0. The number of halogens is 4. The van der Waals surface area contributed by atoms with Crippen molar-refractivity contribution in [2.24, 2.45) is 9.98 Å². The summed E-state index contributed by atoms with van der Waals surface area (Å²) in [7, 11) is 0. The molecule has 0 spiro atoms. The second kappa shape index (κ2) is 8.63. The van der Waals surface area contributed by atoms with Gasteiger partial charge in [-0.25, -0.2) is 27.5 Å². The fourth-order valence-corrected chi connectivity index (χ4v) is 5.62. The van der Waals surface area contributed by atoms with Gasteiger partial charge in [0.15, 0.2) is 11.7 Å². The predicted octanol–water partition coefficient (Wildman–Crippen LogP) is 3.25. The minimum absolute atomic E-state index is 0.0235. The van der Waals surface area contributed by atoms with Gasteiger partial charge in [-0.2, -0.15) is 21.0 Å². The number of hydrogen-bond donors (Lipinski definition) is 0. The van der Waals surface area contributed by atoms with E-state index < -0.39 is 57.2 Å². The largest absolute Gasteiger partial charge is 0.269 e. The van der Waals surface area contributed by atoms with E-state index in [0.29, 0.717) is 0 Å². The SMILES string of the molecule is N#CC(C#N)=C1C2=NC3C(F)=c4nc5c(nc4=C(F)C3N=C2c2ccc(F)cc21)-c1ccc(F)cc1C5=C(C#N)C#N. The van der Waals surface area contributed by atoms with E-state index in [2.05, 4.69) is 20.0 Å². The molecule has 0 N–H and O–H groups in total. The Morgan fingerprint density at radius 2 is 1.05 bits per heavy atom. The second-order valence-corrected chi connectivity index (χ2v) is 9.49. The zero-order chi connectivity index (χ0) is 29.4. The molecule has 8 nitrogen and oxygen atoms in total. The van der Waals surface area contributed by atoms with Crippen LogP contribution in [0, 0.1) is 57.0 Å². The first-order valence-corrected chi connectivity index (χ1v) is 12.1. The molecule has 12 heteroatoms. The van der Waals surface area contributed by atoms with E-state index in [4.69, 9.17) is 0 Å². The average Bonchev–Trinajstić information content (AvgIpc) is 3.47. The quantitative estimate of drug-likeness (QED) is 0.240. The van der Waals surface area contributed by atoms with Gasteiger partial charge in [0, 0.05) is 22.3 Å². The van der Waals surface area contributed by atoms with Crippen LogP contribution in [0.4, 0.5) is 17.6 Å². The summed E-state index contributed by atoms with van der Waals surface area (Å²) >= 11 is 0. The summed E-state index contributed by atoms with van der Waals surface area (Å²) in [5, 5.41) is 37.2. The molecule has 42 heavy (non-hydrogen) atoms. The minimum atomic E-state index is -1.61. The summed E-state index contributed by atoms with van der Waals surface area (Å²) in [6.45, 7) is 0. The van der Waals surface area contributed by atoms with E-state index >= 15 is 8.78 Å². The molecule has 2 atom stereocenters. The highest BCUT2D eigenvalue weighted by Crippen LogP contribution is 2.44. The molecule has 0 bridgehead atoms. The van der Waals surface area contributed by atoms with Crippen LogP contribution in [0.1, 0.15) is 22.4 Å². The van der Waals surface area contributed by atoms with Crippen LogP contribution in [-0.2, 0) is 0 Å². The van der Waals surface area contributed by atoms with Crippen LogP contribution in [0.15, 0.2) is 57.5 Å². The number of aromatic nitrogens is 2. The lowest BCUT2D eigenvalue weighted by Crippen LogP contribution is -2.48. The predicted molar refractivity (Wildman–Crippen MR) is 139 cm³/mol. The first-order valence-electron chi connectivity index (χ1n) is 12.1. The van der Waals surface area contributed by atoms with Gasteiger partial charge in [-0.05, 0) is 47.5 Å². The number of hydrogen-bond acceptors (Lipinski definition) is 8. The van der Waals surface area contributed by atoms with Crippen LogP contribution < -0.4 is 10.7 Å². The maximum atomic E-state index is 16.2. The van der Waals surface area contributed by atoms with Crippen LogP contribution in [0.2, 0.25) is 0 Å². The third-order valence-corrected chi connectivity index (χ3v) is 7.36. The molecule has 0 saturated heterocycles. The van der Waals surface area contributed by atoms with Crippen molar-refractivity contribution in [2.45, 2.75) is 12.1 Å². The second-order valence-electron chi connectivity index (χ2n) is 9.49. The third kappa shape index (κ3) is 3.12. The molecule has 2 unspecified atom stereocenters. The Balaban J connectivity index is 1.54. The van der Waals surface area contributed by atoms with Crippen LogP contribution >= 0.6 is 0 Å². The molecular weight excluding hydrogens is 548 g/mol. The maximum absolute atomic E-state index is 16.2. The van der Waals surface area contributed by atoms with Crippen molar-refractivity contribution < 1.29 is 17.6 Å². The number of allylic oxidation sites excluding steroid dienone is 3. The molecule has 0 fully saturated rings. The van der Waals surface area contributed by atoms with Gasteiger partial charge in [0.25, 0.3) is 0 Å². The van der Waals surface area contributed by atoms with Crippen molar-refractivity contribution in [2.75, 3.05) is 0 Å². The number of benzene rings is 2. The lowest BCUT2D eigenvalue weighted by molar-refractivity contribution is 0.538. The molecule has 4 aliphatic rings. The first kappa shape index (κ1) is 24.8. The van der Waals surface area contributed by atoms with Crippen LogP contribution in [-0.4, -0.2) is 33.5 Å². The fourth-order valence-electron chi connectivity index (χ4n) is 5.62. The fraction of sp³-hybridized carbons (Fsp3) is 0.0667. The zero-order valence-corrected chi connectivity index (χ0v) is 20.7. The summed E-state index contributed by atoms with van der Waals surface area (Å²) in [5.74, 6) is -3.36. The lowest BCUT2D eigenvalue weighted by atomic mass is 9.96. The van der Waals surface area contributed by atoms with Crippen molar-refractivity contribution in [3.63, 3.8) is 0 Å². The number of fused-ring (bicyclic) bond motifs is 8. The van der Waals surface area contributed by atoms with Crippen molar-refractivity contribution in [1.82, 2.24) is 9.97 Å². The molecule has 2 aromatic carbocycles. The Hall–Kier alpha value is -6.24. The van der Waals surface area contributed by atoms with Gasteiger partial charge >= 0.3 is 0 Å². The first-order chi connectivity index (χ1) is 20.3. The summed E-state index contributed by atoms with van der Waals surface area (Å²) < 4.78 is 60.8. The van der Waals surface area contributed by atoms with Crippen molar-refractivity contribution >= 4 is 34.2 Å². The highest BCUT2D eigenvalue weighted by molar-refractivity contribution is 6.67. The van der Waals surface area contributed by atoms with Crippen LogP contribution in [0.3, 0.4) is 0 Å². The normalized spacial score (nSPS) is 18.5. The smallest absolute Gasteiger partial charge is 0.155 e. The van der Waals surface area contributed by atoms with Gasteiger partial charge in [0.1, 0.15) is 75.5 Å². The Labute approximate surface area is 232 Å². The molecule has 0 radical (unpaired) electrons. The molecule has 7 rings (SSSR count). The molecule has 1 aliphatic heterocycles. The molecule has 0 amide bonds. The number of nitriles is 4. The maximum Gasteiger partial charge on any atom is 0.155 e. The Bertz CT molecular complexity index is 2270. The van der Waals surface area contributed by atoms with Crippen LogP contribution in [0.5, 0.6) is 0 Å². The molecule has 3 aliphatic carbocycles. The Morgan fingerprint density at radius 1 is 0.571 bits per heavy atom. The molecule has 0 saturated carbocycles. The standard InChI is InChI=1S/C30H8F4N8/c31-13-1-3-15-17(5-13)19(11(7-35)8-36)25-23(15)39-27-21(33)28-30(22(34)29(27)41-25)42-26-20(12(9-37)10-38)18-6-14(32)2-4-16(18)24(26)40-28/h1-6,27,29H. The monoisotopic (exact) mass is 556 g/mol. The van der Waals surface area contributed by atoms with Crippen molar-refractivity contribution in [3.05, 3.63) is 92.3 Å². The lowest BCUT2D eigenvalue weighted by Gasteiger charge is -2.26. The topological polar surface area (TPSA) is 146 Å². The van der Waals surface area contributed by atoms with E-state index in [1.165, 1.54) is 12.1 Å². The van der Waals surface area contributed by atoms with E-state index in [-0.39, 0.29) is 56.2 Å². The van der Waals surface area contributed by atoms with Crippen LogP contribution in [0.25, 0.3) is 34.1 Å². The van der Waals surface area contributed by atoms with Crippen molar-refractivity contribution in [1.29, 1.82) is 21.0 Å². The summed E-state index contributed by atoms with van der Waals surface area (Å²) in [6, 6.07) is 10.9. The van der Waals surface area contributed by atoms with Gasteiger partial charge in [0.05, 0.1) is 17.1 Å². The zero-order valence-electron chi connectivity index (χ0n) is 20.7. The number of nitrogens with zero attached hydrogens (tertiary/aromatic N) is 8. The summed E-state index contributed by atoms with van der Waals surface area (Å²) in [4.78, 5) is 17.4. The van der Waals surface area contributed by atoms with Crippen molar-refractivity contribution in [3.8, 4) is 35.5 Å². The molecular formula is C30H8F4N8. The summed E-state index contributed by atoms with van der Waals surface area (Å²) in [6.07, 6.45) is 0. The highest BCUT2D eigenvalue weighted by Gasteiger charge is 2.44. The molecule has 1 aromatic heterocycles. The van der Waals surface area contributed by atoms with Gasteiger partial charge in [-0.1, -0.05) is 0 Å². The highest BCUT2D eigenvalue weighted by atomic mass is 19.1. The minimum Gasteiger partial charge on any atom is -0.269 e. The summed E-state index contributed by atoms with van der Waals surface area (Å²) in [5.41, 5.74) is -0.247. The van der Waals surface area contributed by atoms with Gasteiger partial charge < -0.3 is 0 Å². The Kier molecular flexibility index (Phi) is 5.09. The number of aliphatic imine (C=N–C) groups is 2.